The van der Waals surface area contributed by atoms with E-state index in [1.165, 1.54) is 5.56 Å². The van der Waals surface area contributed by atoms with Crippen molar-refractivity contribution in [3.8, 4) is 0 Å². The molecule has 0 saturated carbocycles. The van der Waals surface area contributed by atoms with Crippen molar-refractivity contribution in [2.75, 3.05) is 10.6 Å². The van der Waals surface area contributed by atoms with Gasteiger partial charge in [-0.25, -0.2) is 0 Å². The fourth-order valence-electron chi connectivity index (χ4n) is 3.35. The molecule has 0 aliphatic carbocycles. The van der Waals surface area contributed by atoms with Crippen LogP contribution in [0.2, 0.25) is 0 Å². The summed E-state index contributed by atoms with van der Waals surface area (Å²) in [7, 11) is 0. The smallest absolute Gasteiger partial charge is 0.293 e. The summed E-state index contributed by atoms with van der Waals surface area (Å²) in [5.41, 5.74) is 4.14. The molecule has 0 fully saturated rings. The molecular formula is C25H22N2O3. The van der Waals surface area contributed by atoms with Gasteiger partial charge in [0.05, 0.1) is 0 Å². The molecular weight excluding hydrogens is 376 g/mol. The zero-order valence-electron chi connectivity index (χ0n) is 16.9. The molecule has 1 aromatic heterocycles. The monoisotopic (exact) mass is 398 g/mol. The summed E-state index contributed by atoms with van der Waals surface area (Å²) >= 11 is 0. The number of nitrogens with one attached hydrogen (secondary N) is 2. The van der Waals surface area contributed by atoms with Gasteiger partial charge in [-0.15, -0.1) is 0 Å². The molecule has 5 heteroatoms. The Hall–Kier alpha value is -3.86. The van der Waals surface area contributed by atoms with Gasteiger partial charge in [0.2, 0.25) is 5.76 Å². The van der Waals surface area contributed by atoms with E-state index in [0.717, 1.165) is 12.0 Å². The number of furan rings is 1. The molecule has 0 atom stereocenters. The summed E-state index contributed by atoms with van der Waals surface area (Å²) in [5, 5.41) is 6.41. The number of carbonyl (C=O) groups is 2. The first-order valence-corrected chi connectivity index (χ1v) is 9.85. The first-order chi connectivity index (χ1) is 14.6. The van der Waals surface area contributed by atoms with Crippen molar-refractivity contribution in [2.45, 2.75) is 20.3 Å². The third-order valence-electron chi connectivity index (χ3n) is 5.05. The average molecular weight is 398 g/mol. The zero-order valence-corrected chi connectivity index (χ0v) is 16.9. The van der Waals surface area contributed by atoms with Crippen LogP contribution in [0, 0.1) is 6.92 Å². The van der Waals surface area contributed by atoms with E-state index in [1.54, 1.807) is 12.1 Å². The first-order valence-electron chi connectivity index (χ1n) is 9.85. The summed E-state index contributed by atoms with van der Waals surface area (Å²) < 4.78 is 5.82. The molecule has 5 nitrogen and oxygen atoms in total. The topological polar surface area (TPSA) is 71.3 Å². The van der Waals surface area contributed by atoms with Gasteiger partial charge in [-0.3, -0.25) is 9.59 Å². The molecule has 0 bridgehead atoms. The molecule has 1 heterocycles. The standard InChI is InChI=1S/C25H22N2O3/c1-3-17-12-14-18(15-13-17)26-25(29)23-22(20-10-6-7-11-21(20)30-23)27-24(28)19-9-5-4-8-16(19)2/h4-15H,3H2,1-2H3,(H,26,29)(H,27,28). The second-order valence-electron chi connectivity index (χ2n) is 7.08. The summed E-state index contributed by atoms with van der Waals surface area (Å²) in [6.07, 6.45) is 0.923. The number of hydrogen-bond acceptors (Lipinski definition) is 3. The largest absolute Gasteiger partial charge is 0.449 e. The van der Waals surface area contributed by atoms with E-state index in [0.29, 0.717) is 27.9 Å². The van der Waals surface area contributed by atoms with Crippen LogP contribution in [0.5, 0.6) is 0 Å². The van der Waals surface area contributed by atoms with Gasteiger partial charge in [0.1, 0.15) is 11.3 Å². The number of fused-ring (bicyclic) bond motifs is 1. The fraction of sp³-hybridized carbons (Fsp3) is 0.120. The Balaban J connectivity index is 1.68. The third kappa shape index (κ3) is 3.82. The molecule has 0 spiro atoms. The van der Waals surface area contributed by atoms with E-state index >= 15 is 0 Å². The lowest BCUT2D eigenvalue weighted by molar-refractivity contribution is 0.0999. The number of para-hydroxylation sites is 1. The van der Waals surface area contributed by atoms with E-state index < -0.39 is 5.91 Å². The average Bonchev–Trinajstić information content (AvgIpc) is 3.13. The van der Waals surface area contributed by atoms with E-state index in [-0.39, 0.29) is 11.7 Å². The zero-order chi connectivity index (χ0) is 21.1. The van der Waals surface area contributed by atoms with E-state index in [1.807, 2.05) is 67.6 Å². The maximum Gasteiger partial charge on any atom is 0.293 e. The second-order valence-corrected chi connectivity index (χ2v) is 7.08. The van der Waals surface area contributed by atoms with Gasteiger partial charge in [0.15, 0.2) is 0 Å². The SMILES string of the molecule is CCc1ccc(NC(=O)c2oc3ccccc3c2NC(=O)c2ccccc2C)cc1. The van der Waals surface area contributed by atoms with Crippen molar-refractivity contribution in [1.29, 1.82) is 0 Å². The van der Waals surface area contributed by atoms with Crippen LogP contribution in [0.4, 0.5) is 11.4 Å². The van der Waals surface area contributed by atoms with Gasteiger partial charge in [-0.05, 0) is 54.8 Å². The first kappa shape index (κ1) is 19.5. The molecule has 2 N–H and O–H groups in total. The molecule has 4 aromatic rings. The van der Waals surface area contributed by atoms with Crippen molar-refractivity contribution < 1.29 is 14.0 Å². The summed E-state index contributed by atoms with van der Waals surface area (Å²) in [6, 6.07) is 22.2. The lowest BCUT2D eigenvalue weighted by atomic mass is 10.1. The van der Waals surface area contributed by atoms with Crippen LogP contribution in [0.3, 0.4) is 0 Å². The van der Waals surface area contributed by atoms with Gasteiger partial charge >= 0.3 is 0 Å². The van der Waals surface area contributed by atoms with Crippen LogP contribution in [0.1, 0.15) is 39.0 Å². The van der Waals surface area contributed by atoms with Gasteiger partial charge in [0.25, 0.3) is 11.8 Å². The molecule has 0 unspecified atom stereocenters. The van der Waals surface area contributed by atoms with Crippen molar-refractivity contribution >= 4 is 34.2 Å². The van der Waals surface area contributed by atoms with Crippen LogP contribution in [-0.2, 0) is 6.42 Å². The minimum absolute atomic E-state index is 0.0673. The summed E-state index contributed by atoms with van der Waals surface area (Å²) in [6.45, 7) is 3.95. The highest BCUT2D eigenvalue weighted by atomic mass is 16.3. The Bertz CT molecular complexity index is 1220. The minimum atomic E-state index is -0.421. The van der Waals surface area contributed by atoms with Crippen molar-refractivity contribution in [2.24, 2.45) is 0 Å². The second kappa shape index (κ2) is 8.25. The Morgan fingerprint density at radius 2 is 1.53 bits per heavy atom. The molecule has 0 aliphatic heterocycles. The molecule has 30 heavy (non-hydrogen) atoms. The van der Waals surface area contributed by atoms with E-state index in [9.17, 15) is 9.59 Å². The number of rotatable bonds is 5. The highest BCUT2D eigenvalue weighted by molar-refractivity contribution is 6.17. The fourth-order valence-corrected chi connectivity index (χ4v) is 3.35. The normalized spacial score (nSPS) is 10.7. The minimum Gasteiger partial charge on any atom is -0.449 e. The maximum absolute atomic E-state index is 13.0. The van der Waals surface area contributed by atoms with Gasteiger partial charge in [-0.2, -0.15) is 0 Å². The van der Waals surface area contributed by atoms with Crippen LogP contribution in [-0.4, -0.2) is 11.8 Å². The van der Waals surface area contributed by atoms with E-state index in [2.05, 4.69) is 17.6 Å². The summed E-state index contributed by atoms with van der Waals surface area (Å²) in [4.78, 5) is 25.9. The Kier molecular flexibility index (Phi) is 5.35. The Morgan fingerprint density at radius 1 is 0.833 bits per heavy atom. The van der Waals surface area contributed by atoms with Crippen LogP contribution >= 0.6 is 0 Å². The molecule has 150 valence electrons. The van der Waals surface area contributed by atoms with Crippen molar-refractivity contribution in [1.82, 2.24) is 0 Å². The van der Waals surface area contributed by atoms with Crippen molar-refractivity contribution in [3.63, 3.8) is 0 Å². The van der Waals surface area contributed by atoms with Crippen LogP contribution in [0.15, 0.2) is 77.2 Å². The van der Waals surface area contributed by atoms with Crippen LogP contribution < -0.4 is 10.6 Å². The number of carbonyl (C=O) groups excluding carboxylic acids is 2. The molecule has 0 saturated heterocycles. The molecule has 4 rings (SSSR count). The predicted octanol–water partition coefficient (Wildman–Crippen LogP) is 5.81. The number of hydrogen-bond donors (Lipinski definition) is 2. The van der Waals surface area contributed by atoms with E-state index in [4.69, 9.17) is 4.42 Å². The molecule has 0 aliphatic rings. The highest BCUT2D eigenvalue weighted by Crippen LogP contribution is 2.32. The van der Waals surface area contributed by atoms with Gasteiger partial charge in [0, 0.05) is 16.6 Å². The number of anilines is 2. The highest BCUT2D eigenvalue weighted by Gasteiger charge is 2.23. The third-order valence-corrected chi connectivity index (χ3v) is 5.05. The van der Waals surface area contributed by atoms with Gasteiger partial charge in [-0.1, -0.05) is 49.4 Å². The predicted molar refractivity (Wildman–Crippen MR) is 119 cm³/mol. The summed E-state index contributed by atoms with van der Waals surface area (Å²) in [5.74, 6) is -0.644. The maximum atomic E-state index is 13.0. The molecule has 3 aromatic carbocycles. The van der Waals surface area contributed by atoms with Gasteiger partial charge < -0.3 is 15.1 Å². The molecule has 0 radical (unpaired) electrons. The van der Waals surface area contributed by atoms with Crippen molar-refractivity contribution in [3.05, 3.63) is 95.2 Å². The Labute approximate surface area is 174 Å². The lowest BCUT2D eigenvalue weighted by Crippen LogP contribution is -2.17. The quantitative estimate of drug-likeness (QED) is 0.446. The molecule has 2 amide bonds. The van der Waals surface area contributed by atoms with Crippen LogP contribution in [0.25, 0.3) is 11.0 Å². The number of benzene rings is 3. The lowest BCUT2D eigenvalue weighted by Gasteiger charge is -2.09. The Morgan fingerprint density at radius 3 is 2.27 bits per heavy atom. The number of aryl methyl sites for hydroxylation is 2. The number of amides is 2.